The first kappa shape index (κ1) is 21.9. The molecule has 34 heavy (non-hydrogen) atoms. The Bertz CT molecular complexity index is 1340. The van der Waals surface area contributed by atoms with Crippen LogP contribution in [0.2, 0.25) is 0 Å². The van der Waals surface area contributed by atoms with Gasteiger partial charge in [-0.3, -0.25) is 14.2 Å². The van der Waals surface area contributed by atoms with Gasteiger partial charge >= 0.3 is 0 Å². The molecule has 2 aromatic carbocycles. The van der Waals surface area contributed by atoms with E-state index in [1.165, 1.54) is 11.2 Å². The van der Waals surface area contributed by atoms with Crippen LogP contribution >= 0.6 is 0 Å². The van der Waals surface area contributed by atoms with Crippen molar-refractivity contribution < 1.29 is 18.8 Å². The maximum atomic E-state index is 13.5. The Morgan fingerprint density at radius 2 is 1.82 bits per heavy atom. The molecule has 1 aliphatic rings. The molecule has 8 heteroatoms. The van der Waals surface area contributed by atoms with E-state index >= 15 is 0 Å². The lowest BCUT2D eigenvalue weighted by Crippen LogP contribution is -3.13. The Morgan fingerprint density at radius 3 is 2.53 bits per heavy atom. The highest BCUT2D eigenvalue weighted by Gasteiger charge is 2.27. The SMILES string of the molecule is CCOc1ccc(-n2c(C[NH+]3CCN(C(=O)c4ccco4)CC3)nc3ccccc3c2=O)cc1. The first-order chi connectivity index (χ1) is 16.6. The predicted molar refractivity (Wildman–Crippen MR) is 128 cm³/mol. The van der Waals surface area contributed by atoms with E-state index in [2.05, 4.69) is 0 Å². The number of hydrogen-bond donors (Lipinski definition) is 1. The topological polar surface area (TPSA) is 82.0 Å². The van der Waals surface area contributed by atoms with Crippen LogP contribution < -0.4 is 15.2 Å². The van der Waals surface area contributed by atoms with Crippen molar-refractivity contribution in [1.82, 2.24) is 14.5 Å². The molecule has 0 spiro atoms. The molecule has 0 radical (unpaired) electrons. The smallest absolute Gasteiger partial charge is 0.289 e. The molecule has 2 aromatic heterocycles. The third-order valence-electron chi connectivity index (χ3n) is 6.15. The number of fused-ring (bicyclic) bond motifs is 1. The molecule has 3 heterocycles. The number of hydrogen-bond acceptors (Lipinski definition) is 5. The summed E-state index contributed by atoms with van der Waals surface area (Å²) in [7, 11) is 0. The van der Waals surface area contributed by atoms with Gasteiger partial charge in [-0.05, 0) is 55.5 Å². The highest BCUT2D eigenvalue weighted by atomic mass is 16.5. The summed E-state index contributed by atoms with van der Waals surface area (Å²) in [6, 6.07) is 18.4. The summed E-state index contributed by atoms with van der Waals surface area (Å²) >= 11 is 0. The van der Waals surface area contributed by atoms with Gasteiger partial charge in [0.1, 0.15) is 12.3 Å². The number of aromatic nitrogens is 2. The van der Waals surface area contributed by atoms with Crippen LogP contribution in [-0.4, -0.2) is 53.1 Å². The number of benzene rings is 2. The summed E-state index contributed by atoms with van der Waals surface area (Å²) in [6.07, 6.45) is 1.51. The van der Waals surface area contributed by atoms with Crippen LogP contribution in [0.5, 0.6) is 5.75 Å². The maximum absolute atomic E-state index is 13.5. The summed E-state index contributed by atoms with van der Waals surface area (Å²) < 4.78 is 12.5. The summed E-state index contributed by atoms with van der Waals surface area (Å²) in [4.78, 5) is 34.0. The van der Waals surface area contributed by atoms with Crippen molar-refractivity contribution in [3.05, 3.63) is 88.9 Å². The second kappa shape index (κ2) is 9.52. The fourth-order valence-corrected chi connectivity index (χ4v) is 4.40. The molecule has 1 N–H and O–H groups in total. The van der Waals surface area contributed by atoms with E-state index in [0.29, 0.717) is 48.7 Å². The molecule has 1 amide bonds. The maximum Gasteiger partial charge on any atom is 0.289 e. The Hall–Kier alpha value is -3.91. The highest BCUT2D eigenvalue weighted by molar-refractivity contribution is 5.91. The Balaban J connectivity index is 1.42. The van der Waals surface area contributed by atoms with Crippen molar-refractivity contribution in [2.24, 2.45) is 0 Å². The molecule has 0 saturated carbocycles. The van der Waals surface area contributed by atoms with E-state index in [0.717, 1.165) is 24.5 Å². The normalized spacial score (nSPS) is 14.4. The first-order valence-electron chi connectivity index (χ1n) is 11.5. The Kier molecular flexibility index (Phi) is 6.14. The van der Waals surface area contributed by atoms with Gasteiger partial charge in [-0.1, -0.05) is 12.1 Å². The number of furan rings is 1. The second-order valence-corrected chi connectivity index (χ2v) is 8.31. The lowest BCUT2D eigenvalue weighted by molar-refractivity contribution is -0.918. The number of para-hydroxylation sites is 1. The predicted octanol–water partition coefficient (Wildman–Crippen LogP) is 1.92. The van der Waals surface area contributed by atoms with Crippen molar-refractivity contribution in [1.29, 1.82) is 0 Å². The van der Waals surface area contributed by atoms with Gasteiger partial charge in [0.2, 0.25) is 0 Å². The van der Waals surface area contributed by atoms with Crippen molar-refractivity contribution >= 4 is 16.8 Å². The molecule has 174 valence electrons. The fourth-order valence-electron chi connectivity index (χ4n) is 4.40. The average molecular weight is 460 g/mol. The second-order valence-electron chi connectivity index (χ2n) is 8.31. The molecule has 1 saturated heterocycles. The zero-order valence-electron chi connectivity index (χ0n) is 19.1. The molecule has 0 atom stereocenters. The molecule has 8 nitrogen and oxygen atoms in total. The summed E-state index contributed by atoms with van der Waals surface area (Å²) in [5.74, 6) is 1.74. The minimum Gasteiger partial charge on any atom is -0.494 e. The van der Waals surface area contributed by atoms with Crippen LogP contribution in [0.3, 0.4) is 0 Å². The van der Waals surface area contributed by atoms with Crippen molar-refractivity contribution in [2.45, 2.75) is 13.5 Å². The van der Waals surface area contributed by atoms with E-state index < -0.39 is 0 Å². The van der Waals surface area contributed by atoms with Crippen LogP contribution in [-0.2, 0) is 6.54 Å². The lowest BCUT2D eigenvalue weighted by Gasteiger charge is -2.32. The Morgan fingerprint density at radius 1 is 1.06 bits per heavy atom. The third kappa shape index (κ3) is 4.32. The highest BCUT2D eigenvalue weighted by Crippen LogP contribution is 2.17. The number of amides is 1. The quantitative estimate of drug-likeness (QED) is 0.477. The minimum absolute atomic E-state index is 0.0841. The van der Waals surface area contributed by atoms with Gasteiger partial charge in [0.15, 0.2) is 11.6 Å². The number of nitrogens with zero attached hydrogens (tertiary/aromatic N) is 3. The van der Waals surface area contributed by atoms with Crippen molar-refractivity contribution in [3.63, 3.8) is 0 Å². The van der Waals surface area contributed by atoms with E-state index in [4.69, 9.17) is 14.1 Å². The van der Waals surface area contributed by atoms with Gasteiger partial charge in [-0.15, -0.1) is 0 Å². The number of quaternary nitrogens is 1. The molecule has 5 rings (SSSR count). The van der Waals surface area contributed by atoms with Gasteiger partial charge in [0, 0.05) is 0 Å². The molecule has 1 aliphatic heterocycles. The van der Waals surface area contributed by atoms with E-state index in [9.17, 15) is 9.59 Å². The van der Waals surface area contributed by atoms with Gasteiger partial charge in [-0.25, -0.2) is 4.98 Å². The van der Waals surface area contributed by atoms with Crippen LogP contribution in [0.15, 0.2) is 76.1 Å². The van der Waals surface area contributed by atoms with Crippen LogP contribution in [0.4, 0.5) is 0 Å². The monoisotopic (exact) mass is 459 g/mol. The average Bonchev–Trinajstić information content (AvgIpc) is 3.40. The summed E-state index contributed by atoms with van der Waals surface area (Å²) in [5.41, 5.74) is 1.36. The fraction of sp³-hybridized carbons (Fsp3) is 0.269. The van der Waals surface area contributed by atoms with Gasteiger partial charge in [0.05, 0.1) is 55.6 Å². The van der Waals surface area contributed by atoms with Crippen molar-refractivity contribution in [2.75, 3.05) is 32.8 Å². The largest absolute Gasteiger partial charge is 0.494 e. The number of nitrogens with one attached hydrogen (secondary N) is 1. The molecule has 0 unspecified atom stereocenters. The van der Waals surface area contributed by atoms with E-state index in [-0.39, 0.29) is 11.5 Å². The molecular formula is C26H27N4O4+. The lowest BCUT2D eigenvalue weighted by atomic mass is 10.2. The number of piperazine rings is 1. The number of carbonyl (C=O) groups is 1. The van der Waals surface area contributed by atoms with Gasteiger partial charge in [0.25, 0.3) is 11.5 Å². The summed E-state index contributed by atoms with van der Waals surface area (Å²) in [6.45, 7) is 5.87. The molecule has 0 aliphatic carbocycles. The van der Waals surface area contributed by atoms with Gasteiger partial charge < -0.3 is 19.0 Å². The van der Waals surface area contributed by atoms with Crippen LogP contribution in [0.25, 0.3) is 16.6 Å². The number of carbonyl (C=O) groups excluding carboxylic acids is 1. The van der Waals surface area contributed by atoms with Crippen LogP contribution in [0.1, 0.15) is 23.3 Å². The standard InChI is InChI=1S/C26H26N4O4/c1-2-33-20-11-9-19(10-12-20)30-24(27-22-7-4-3-6-21(22)25(30)31)18-28-13-15-29(16-14-28)26(32)23-8-5-17-34-23/h3-12,17H,2,13-16,18H2,1H3/p+1. The zero-order valence-corrected chi connectivity index (χ0v) is 19.1. The number of ether oxygens (including phenoxy) is 1. The molecule has 0 bridgehead atoms. The first-order valence-corrected chi connectivity index (χ1v) is 11.5. The van der Waals surface area contributed by atoms with E-state index in [1.807, 2.05) is 60.4 Å². The molecule has 1 fully saturated rings. The minimum atomic E-state index is -0.0872. The summed E-state index contributed by atoms with van der Waals surface area (Å²) in [5, 5.41) is 0.587. The van der Waals surface area contributed by atoms with Crippen LogP contribution in [0, 0.1) is 0 Å². The zero-order chi connectivity index (χ0) is 23.5. The van der Waals surface area contributed by atoms with Crippen molar-refractivity contribution in [3.8, 4) is 11.4 Å². The van der Waals surface area contributed by atoms with Gasteiger partial charge in [-0.2, -0.15) is 0 Å². The molecule has 4 aromatic rings. The third-order valence-corrected chi connectivity index (χ3v) is 6.15. The van der Waals surface area contributed by atoms with E-state index in [1.54, 1.807) is 16.7 Å². The Labute approximate surface area is 197 Å². The number of rotatable bonds is 6. The molecular weight excluding hydrogens is 432 g/mol.